The molecule has 0 spiro atoms. The van der Waals surface area contributed by atoms with Crippen molar-refractivity contribution in [1.82, 2.24) is 19.2 Å². The topological polar surface area (TPSA) is 84.3 Å². The second-order valence-electron chi connectivity index (χ2n) is 8.60. The van der Waals surface area contributed by atoms with Crippen molar-refractivity contribution < 1.29 is 13.2 Å². The van der Waals surface area contributed by atoms with Crippen LogP contribution in [-0.4, -0.2) is 34.7 Å². The highest BCUT2D eigenvalue weighted by atomic mass is 32.2. The maximum absolute atomic E-state index is 13.4. The van der Waals surface area contributed by atoms with Gasteiger partial charge in [0.1, 0.15) is 11.9 Å². The zero-order chi connectivity index (χ0) is 24.4. The molecular weight excluding hydrogens is 460 g/mol. The first-order valence-electron chi connectivity index (χ1n) is 11.4. The lowest BCUT2D eigenvalue weighted by atomic mass is 10.0. The standard InChI is InChI=1S/C27H26N4O3S/c1-30-17-15-28-26(30)25(21-9-3-2-4-10-21)29-27(32)22-12-7-13-24(18-22)35(33,34)31-16-14-20-8-5-6-11-23(20)19-31/h2-13,15,17-18,25H,14,16,19H2,1H3,(H,29,32). The molecule has 1 amide bonds. The normalized spacial score (nSPS) is 14.8. The molecule has 1 aliphatic rings. The number of fused-ring (bicyclic) bond motifs is 1. The fourth-order valence-electron chi connectivity index (χ4n) is 4.43. The highest BCUT2D eigenvalue weighted by molar-refractivity contribution is 7.89. The molecule has 1 N–H and O–H groups in total. The first-order chi connectivity index (χ1) is 16.9. The number of carbonyl (C=O) groups is 1. The highest BCUT2D eigenvalue weighted by Crippen LogP contribution is 2.26. The molecule has 5 rings (SSSR count). The number of hydrogen-bond donors (Lipinski definition) is 1. The number of benzene rings is 3. The monoisotopic (exact) mass is 486 g/mol. The second kappa shape index (κ2) is 9.48. The third-order valence-corrected chi connectivity index (χ3v) is 8.20. The summed E-state index contributed by atoms with van der Waals surface area (Å²) in [4.78, 5) is 17.8. The Balaban J connectivity index is 1.41. The van der Waals surface area contributed by atoms with E-state index in [1.807, 2.05) is 72.4 Å². The van der Waals surface area contributed by atoms with Crippen LogP contribution in [0.2, 0.25) is 0 Å². The molecule has 178 valence electrons. The van der Waals surface area contributed by atoms with E-state index in [-0.39, 0.29) is 16.4 Å². The summed E-state index contributed by atoms with van der Waals surface area (Å²) in [5, 5.41) is 3.03. The fourth-order valence-corrected chi connectivity index (χ4v) is 5.90. The van der Waals surface area contributed by atoms with Crippen LogP contribution < -0.4 is 5.32 Å². The molecule has 4 aromatic rings. The number of sulfonamides is 1. The lowest BCUT2D eigenvalue weighted by molar-refractivity contribution is 0.0941. The molecule has 7 nitrogen and oxygen atoms in total. The Morgan fingerprint density at radius 1 is 0.971 bits per heavy atom. The molecule has 0 saturated heterocycles. The molecule has 35 heavy (non-hydrogen) atoms. The minimum Gasteiger partial charge on any atom is -0.338 e. The quantitative estimate of drug-likeness (QED) is 0.451. The summed E-state index contributed by atoms with van der Waals surface area (Å²) in [5.41, 5.74) is 3.34. The average molecular weight is 487 g/mol. The van der Waals surface area contributed by atoms with Gasteiger partial charge in [-0.1, -0.05) is 60.7 Å². The number of amides is 1. The Labute approximate surface area is 205 Å². The third-order valence-electron chi connectivity index (χ3n) is 6.35. The number of nitrogens with zero attached hydrogens (tertiary/aromatic N) is 3. The van der Waals surface area contributed by atoms with E-state index in [4.69, 9.17) is 0 Å². The smallest absolute Gasteiger partial charge is 0.252 e. The van der Waals surface area contributed by atoms with Crippen molar-refractivity contribution in [1.29, 1.82) is 0 Å². The minimum absolute atomic E-state index is 0.109. The summed E-state index contributed by atoms with van der Waals surface area (Å²) in [6.07, 6.45) is 4.17. The molecule has 1 aliphatic heterocycles. The molecule has 1 atom stereocenters. The zero-order valence-corrected chi connectivity index (χ0v) is 20.2. The van der Waals surface area contributed by atoms with Gasteiger partial charge in [0.2, 0.25) is 10.0 Å². The van der Waals surface area contributed by atoms with Crippen LogP contribution in [0.4, 0.5) is 0 Å². The van der Waals surface area contributed by atoms with E-state index in [9.17, 15) is 13.2 Å². The van der Waals surface area contributed by atoms with Gasteiger partial charge in [-0.05, 0) is 41.3 Å². The van der Waals surface area contributed by atoms with Gasteiger partial charge in [-0.25, -0.2) is 13.4 Å². The predicted octanol–water partition coefficient (Wildman–Crippen LogP) is 3.69. The Bertz CT molecular complexity index is 1460. The van der Waals surface area contributed by atoms with E-state index in [1.54, 1.807) is 24.4 Å². The van der Waals surface area contributed by atoms with E-state index in [0.717, 1.165) is 11.1 Å². The average Bonchev–Trinajstić information content (AvgIpc) is 3.32. The minimum atomic E-state index is -3.75. The summed E-state index contributed by atoms with van der Waals surface area (Å²) in [5.74, 6) is 0.309. The first-order valence-corrected chi connectivity index (χ1v) is 12.9. The van der Waals surface area contributed by atoms with Crippen LogP contribution >= 0.6 is 0 Å². The van der Waals surface area contributed by atoms with Crippen molar-refractivity contribution in [3.05, 3.63) is 119 Å². The van der Waals surface area contributed by atoms with Crippen LogP contribution in [0.3, 0.4) is 0 Å². The largest absolute Gasteiger partial charge is 0.338 e. The molecule has 8 heteroatoms. The number of aryl methyl sites for hydroxylation is 1. The van der Waals surface area contributed by atoms with Gasteiger partial charge in [-0.3, -0.25) is 4.79 Å². The number of hydrogen-bond acceptors (Lipinski definition) is 4. The van der Waals surface area contributed by atoms with Crippen LogP contribution in [-0.2, 0) is 30.0 Å². The summed E-state index contributed by atoms with van der Waals surface area (Å²) in [7, 11) is -1.89. The lowest BCUT2D eigenvalue weighted by Crippen LogP contribution is -2.36. The summed E-state index contributed by atoms with van der Waals surface area (Å²) < 4.78 is 30.2. The van der Waals surface area contributed by atoms with Crippen LogP contribution in [0.1, 0.15) is 38.9 Å². The van der Waals surface area contributed by atoms with E-state index in [1.165, 1.54) is 15.9 Å². The van der Waals surface area contributed by atoms with Gasteiger partial charge in [-0.2, -0.15) is 4.31 Å². The Kier molecular flexibility index (Phi) is 6.23. The van der Waals surface area contributed by atoms with E-state index in [2.05, 4.69) is 10.3 Å². The molecule has 3 aromatic carbocycles. The van der Waals surface area contributed by atoms with E-state index < -0.39 is 16.1 Å². The SMILES string of the molecule is Cn1ccnc1C(NC(=O)c1cccc(S(=O)(=O)N2CCc3ccccc3C2)c1)c1ccccc1. The van der Waals surface area contributed by atoms with Crippen molar-refractivity contribution >= 4 is 15.9 Å². The molecule has 1 aromatic heterocycles. The Morgan fingerprint density at radius 3 is 2.46 bits per heavy atom. The maximum atomic E-state index is 13.4. The van der Waals surface area contributed by atoms with Gasteiger partial charge >= 0.3 is 0 Å². The lowest BCUT2D eigenvalue weighted by Gasteiger charge is -2.28. The molecule has 1 unspecified atom stereocenters. The van der Waals surface area contributed by atoms with Crippen LogP contribution in [0, 0.1) is 0 Å². The number of nitrogens with one attached hydrogen (secondary N) is 1. The second-order valence-corrected chi connectivity index (χ2v) is 10.5. The zero-order valence-electron chi connectivity index (χ0n) is 19.3. The molecule has 0 saturated carbocycles. The molecule has 0 fully saturated rings. The van der Waals surface area contributed by atoms with E-state index in [0.29, 0.717) is 25.3 Å². The van der Waals surface area contributed by atoms with Crippen LogP contribution in [0.15, 0.2) is 96.2 Å². The van der Waals surface area contributed by atoms with Crippen molar-refractivity contribution in [3.8, 4) is 0 Å². The van der Waals surface area contributed by atoms with Gasteiger partial charge in [0, 0.05) is 38.1 Å². The summed E-state index contributed by atoms with van der Waals surface area (Å²) in [6, 6.07) is 23.2. The molecule has 0 bridgehead atoms. The van der Waals surface area contributed by atoms with Crippen molar-refractivity contribution in [2.24, 2.45) is 7.05 Å². The van der Waals surface area contributed by atoms with Crippen molar-refractivity contribution in [2.75, 3.05) is 6.54 Å². The Hall–Kier alpha value is -3.75. The predicted molar refractivity (Wildman–Crippen MR) is 133 cm³/mol. The van der Waals surface area contributed by atoms with Crippen LogP contribution in [0.5, 0.6) is 0 Å². The molecule has 0 aliphatic carbocycles. The van der Waals surface area contributed by atoms with Gasteiger partial charge < -0.3 is 9.88 Å². The summed E-state index contributed by atoms with van der Waals surface area (Å²) >= 11 is 0. The van der Waals surface area contributed by atoms with Crippen molar-refractivity contribution in [2.45, 2.75) is 23.9 Å². The first kappa shape index (κ1) is 23.0. The third kappa shape index (κ3) is 4.62. The van der Waals surface area contributed by atoms with Gasteiger partial charge in [0.15, 0.2) is 0 Å². The fraction of sp³-hybridized carbons (Fsp3) is 0.185. The number of carbonyl (C=O) groups excluding carboxylic acids is 1. The maximum Gasteiger partial charge on any atom is 0.252 e. The van der Waals surface area contributed by atoms with Crippen LogP contribution in [0.25, 0.3) is 0 Å². The summed E-state index contributed by atoms with van der Waals surface area (Å²) in [6.45, 7) is 0.731. The van der Waals surface area contributed by atoms with Gasteiger partial charge in [0.05, 0.1) is 4.90 Å². The highest BCUT2D eigenvalue weighted by Gasteiger charge is 2.29. The molecule has 2 heterocycles. The number of rotatable bonds is 6. The Morgan fingerprint density at radius 2 is 1.71 bits per heavy atom. The van der Waals surface area contributed by atoms with Crippen molar-refractivity contribution in [3.63, 3.8) is 0 Å². The number of aromatic nitrogens is 2. The number of imidazole rings is 1. The molecular formula is C27H26N4O3S. The van der Waals surface area contributed by atoms with E-state index >= 15 is 0 Å². The molecule has 0 radical (unpaired) electrons. The van der Waals surface area contributed by atoms with Gasteiger partial charge in [-0.15, -0.1) is 0 Å². The van der Waals surface area contributed by atoms with Gasteiger partial charge in [0.25, 0.3) is 5.91 Å².